The number of rotatable bonds is 7. The molecule has 0 spiro atoms. The average Bonchev–Trinajstić information content (AvgIpc) is 3.30. The number of hydrogen-bond donors (Lipinski definition) is 1. The van der Waals surface area contributed by atoms with Crippen LogP contribution in [0.15, 0.2) is 47.4 Å². The summed E-state index contributed by atoms with van der Waals surface area (Å²) in [4.78, 5) is 28.0. The van der Waals surface area contributed by atoms with E-state index < -0.39 is 17.7 Å². The molecule has 0 radical (unpaired) electrons. The van der Waals surface area contributed by atoms with Crippen molar-refractivity contribution in [2.24, 2.45) is 0 Å². The number of amides is 1. The second kappa shape index (κ2) is 8.53. The van der Waals surface area contributed by atoms with Crippen molar-refractivity contribution < 1.29 is 14.7 Å². The fraction of sp³-hybridized carbons (Fsp3) is 0.364. The predicted molar refractivity (Wildman–Crippen MR) is 109 cm³/mol. The number of ketones is 1. The van der Waals surface area contributed by atoms with Gasteiger partial charge in [0.25, 0.3) is 11.7 Å². The van der Waals surface area contributed by atoms with Crippen molar-refractivity contribution in [1.82, 2.24) is 4.90 Å². The molecule has 1 unspecified atom stereocenters. The molecule has 5 heteroatoms. The number of likely N-dealkylation sites (tertiary alicyclic amines) is 1. The molecule has 0 aliphatic carbocycles. The number of aliphatic hydroxyl groups is 1. The molecule has 1 aliphatic rings. The molecule has 1 N–H and O–H groups in total. The molecular formula is C22H25NO3S. The van der Waals surface area contributed by atoms with Crippen LogP contribution in [0.3, 0.4) is 0 Å². The van der Waals surface area contributed by atoms with E-state index in [-0.39, 0.29) is 11.3 Å². The molecule has 1 aromatic carbocycles. The topological polar surface area (TPSA) is 57.6 Å². The van der Waals surface area contributed by atoms with Gasteiger partial charge in [0, 0.05) is 17.0 Å². The van der Waals surface area contributed by atoms with Gasteiger partial charge in [-0.2, -0.15) is 0 Å². The lowest BCUT2D eigenvalue weighted by Gasteiger charge is -2.24. The Labute approximate surface area is 164 Å². The van der Waals surface area contributed by atoms with Gasteiger partial charge < -0.3 is 10.0 Å². The third-order valence-corrected chi connectivity index (χ3v) is 5.92. The molecule has 1 fully saturated rings. The Hall–Kier alpha value is -2.40. The number of hydrogen-bond acceptors (Lipinski definition) is 4. The summed E-state index contributed by atoms with van der Waals surface area (Å²) < 4.78 is 0. The number of Topliss-reactive ketones (excluding diaryl/α,β-unsaturated/α-hetero) is 1. The molecule has 1 saturated heterocycles. The van der Waals surface area contributed by atoms with Gasteiger partial charge >= 0.3 is 0 Å². The van der Waals surface area contributed by atoms with Gasteiger partial charge in [0.2, 0.25) is 0 Å². The van der Waals surface area contributed by atoms with Gasteiger partial charge in [-0.25, -0.2) is 0 Å². The summed E-state index contributed by atoms with van der Waals surface area (Å²) in [7, 11) is 0. The zero-order chi connectivity index (χ0) is 19.4. The maximum absolute atomic E-state index is 12.8. The minimum atomic E-state index is -0.595. The van der Waals surface area contributed by atoms with Crippen LogP contribution in [0.1, 0.15) is 55.2 Å². The van der Waals surface area contributed by atoms with Crippen molar-refractivity contribution in [2.45, 2.75) is 45.6 Å². The highest BCUT2D eigenvalue weighted by atomic mass is 32.1. The maximum atomic E-state index is 12.8. The summed E-state index contributed by atoms with van der Waals surface area (Å²) >= 11 is 1.50. The van der Waals surface area contributed by atoms with Gasteiger partial charge in [-0.15, -0.1) is 11.3 Å². The fourth-order valence-corrected chi connectivity index (χ4v) is 4.28. The lowest BCUT2D eigenvalue weighted by Crippen LogP contribution is -2.30. The standard InChI is InChI=1S/C22H25NO3S/c1-3-5-6-13-23-19(17-8-7-14-27-17)18(21(25)22(23)26)20(24)16-11-9-15(4-2)10-12-16/h7-12,14,19,24H,3-6,13H2,1-2H3/b20-18-. The molecule has 0 saturated carbocycles. The third kappa shape index (κ3) is 3.83. The molecule has 1 amide bonds. The molecular weight excluding hydrogens is 358 g/mol. The van der Waals surface area contributed by atoms with Crippen molar-refractivity contribution in [2.75, 3.05) is 6.54 Å². The van der Waals surface area contributed by atoms with E-state index in [0.29, 0.717) is 12.1 Å². The number of thiophene rings is 1. The summed E-state index contributed by atoms with van der Waals surface area (Å²) in [6, 6.07) is 10.8. The summed E-state index contributed by atoms with van der Waals surface area (Å²) in [6.45, 7) is 4.69. The lowest BCUT2D eigenvalue weighted by atomic mass is 9.99. The van der Waals surface area contributed by atoms with Crippen molar-refractivity contribution in [3.8, 4) is 0 Å². The van der Waals surface area contributed by atoms with E-state index in [4.69, 9.17) is 0 Å². The van der Waals surface area contributed by atoms with E-state index in [2.05, 4.69) is 13.8 Å². The fourth-order valence-electron chi connectivity index (χ4n) is 3.44. The summed E-state index contributed by atoms with van der Waals surface area (Å²) in [5.41, 5.74) is 1.92. The van der Waals surface area contributed by atoms with Gasteiger partial charge in [-0.1, -0.05) is 57.0 Å². The Morgan fingerprint density at radius 1 is 1.11 bits per heavy atom. The van der Waals surface area contributed by atoms with E-state index in [0.717, 1.165) is 36.1 Å². The summed E-state index contributed by atoms with van der Waals surface area (Å²) in [5.74, 6) is -1.20. The molecule has 3 rings (SSSR count). The first-order chi connectivity index (χ1) is 13.1. The van der Waals surface area contributed by atoms with Crippen molar-refractivity contribution >= 4 is 28.8 Å². The molecule has 27 heavy (non-hydrogen) atoms. The van der Waals surface area contributed by atoms with E-state index in [9.17, 15) is 14.7 Å². The predicted octanol–water partition coefficient (Wildman–Crippen LogP) is 4.92. The first-order valence-corrected chi connectivity index (χ1v) is 10.4. The van der Waals surface area contributed by atoms with Crippen LogP contribution in [-0.2, 0) is 16.0 Å². The van der Waals surface area contributed by atoms with Crippen molar-refractivity contribution in [3.05, 3.63) is 63.4 Å². The van der Waals surface area contributed by atoms with E-state index in [1.807, 2.05) is 41.8 Å². The molecule has 2 heterocycles. The third-order valence-electron chi connectivity index (χ3n) is 4.99. The first kappa shape index (κ1) is 19.4. The van der Waals surface area contributed by atoms with Crippen LogP contribution in [0.2, 0.25) is 0 Å². The van der Waals surface area contributed by atoms with Crippen LogP contribution in [0, 0.1) is 0 Å². The number of unbranched alkanes of at least 4 members (excludes halogenated alkanes) is 2. The van der Waals surface area contributed by atoms with Crippen LogP contribution in [0.4, 0.5) is 0 Å². The van der Waals surface area contributed by atoms with Crippen molar-refractivity contribution in [3.63, 3.8) is 0 Å². The normalized spacial score (nSPS) is 19.0. The molecule has 4 nitrogen and oxygen atoms in total. The number of aliphatic hydroxyl groups excluding tert-OH is 1. The molecule has 142 valence electrons. The van der Waals surface area contributed by atoms with Gasteiger partial charge in [0.1, 0.15) is 5.76 Å². The van der Waals surface area contributed by atoms with Crippen LogP contribution < -0.4 is 0 Å². The number of nitrogens with zero attached hydrogens (tertiary/aromatic N) is 1. The first-order valence-electron chi connectivity index (χ1n) is 9.49. The van der Waals surface area contributed by atoms with Gasteiger partial charge in [0.05, 0.1) is 11.6 Å². The van der Waals surface area contributed by atoms with Crippen LogP contribution >= 0.6 is 11.3 Å². The van der Waals surface area contributed by atoms with Gasteiger partial charge in [-0.3, -0.25) is 9.59 Å². The van der Waals surface area contributed by atoms with Gasteiger partial charge in [0.15, 0.2) is 0 Å². The second-order valence-corrected chi connectivity index (χ2v) is 7.74. The monoisotopic (exact) mass is 383 g/mol. The smallest absolute Gasteiger partial charge is 0.295 e. The molecule has 1 atom stereocenters. The highest BCUT2D eigenvalue weighted by Crippen LogP contribution is 2.41. The summed E-state index contributed by atoms with van der Waals surface area (Å²) in [5, 5.41) is 12.8. The zero-order valence-electron chi connectivity index (χ0n) is 15.8. The van der Waals surface area contributed by atoms with Crippen LogP contribution in [0.25, 0.3) is 5.76 Å². The van der Waals surface area contributed by atoms with Crippen LogP contribution in [-0.4, -0.2) is 28.2 Å². The molecule has 0 bridgehead atoms. The SMILES string of the molecule is CCCCCN1C(=O)C(=O)/C(=C(\O)c2ccc(CC)cc2)C1c1cccs1. The molecule has 2 aromatic rings. The minimum Gasteiger partial charge on any atom is -0.507 e. The lowest BCUT2D eigenvalue weighted by molar-refractivity contribution is -0.139. The Morgan fingerprint density at radius 2 is 1.85 bits per heavy atom. The quantitative estimate of drug-likeness (QED) is 0.319. The zero-order valence-corrected chi connectivity index (χ0v) is 16.6. The van der Waals surface area contributed by atoms with Crippen molar-refractivity contribution in [1.29, 1.82) is 0 Å². The maximum Gasteiger partial charge on any atom is 0.295 e. The second-order valence-electron chi connectivity index (χ2n) is 6.77. The Kier molecular flexibility index (Phi) is 6.11. The number of benzene rings is 1. The Balaban J connectivity index is 2.04. The van der Waals surface area contributed by atoms with E-state index in [1.165, 1.54) is 11.3 Å². The molecule has 1 aromatic heterocycles. The minimum absolute atomic E-state index is 0.0904. The largest absolute Gasteiger partial charge is 0.507 e. The Morgan fingerprint density at radius 3 is 2.44 bits per heavy atom. The number of carbonyl (C=O) groups is 2. The number of carbonyl (C=O) groups excluding carboxylic acids is 2. The average molecular weight is 384 g/mol. The van der Waals surface area contributed by atoms with Crippen LogP contribution in [0.5, 0.6) is 0 Å². The van der Waals surface area contributed by atoms with E-state index >= 15 is 0 Å². The van der Waals surface area contributed by atoms with E-state index in [1.54, 1.807) is 4.90 Å². The summed E-state index contributed by atoms with van der Waals surface area (Å²) in [6.07, 6.45) is 3.78. The van der Waals surface area contributed by atoms with Gasteiger partial charge in [-0.05, 0) is 29.9 Å². The number of aryl methyl sites for hydroxylation is 1. The Bertz CT molecular complexity index is 837. The highest BCUT2D eigenvalue weighted by molar-refractivity contribution is 7.10. The highest BCUT2D eigenvalue weighted by Gasteiger charge is 2.46. The molecule has 1 aliphatic heterocycles.